The second kappa shape index (κ2) is 7.89. The lowest BCUT2D eigenvalue weighted by Gasteiger charge is -2.19. The summed E-state index contributed by atoms with van der Waals surface area (Å²) in [6.45, 7) is 0. The molecule has 0 heterocycles. The van der Waals surface area contributed by atoms with Crippen LogP contribution >= 0.6 is 0 Å². The van der Waals surface area contributed by atoms with E-state index in [1.54, 1.807) is 6.07 Å². The minimum atomic E-state index is -0.629. The topological polar surface area (TPSA) is 63.2 Å². The molecule has 6 heteroatoms. The minimum Gasteiger partial charge on any atom is -0.496 e. The van der Waals surface area contributed by atoms with E-state index in [4.69, 9.17) is 24.0 Å². The normalized spacial score (nSPS) is 15.2. The van der Waals surface area contributed by atoms with E-state index in [-0.39, 0.29) is 5.56 Å². The molecule has 1 aromatic rings. The number of ether oxygens (including phenoxy) is 3. The van der Waals surface area contributed by atoms with Gasteiger partial charge < -0.3 is 14.2 Å². The predicted molar refractivity (Wildman–Crippen MR) is 78.9 cm³/mol. The summed E-state index contributed by atoms with van der Waals surface area (Å²) in [5.41, 5.74) is 0.219. The van der Waals surface area contributed by atoms with Gasteiger partial charge in [0, 0.05) is 12.1 Å². The molecule has 0 unspecified atom stereocenters. The van der Waals surface area contributed by atoms with E-state index in [0.29, 0.717) is 17.2 Å². The molecule has 0 aliphatic heterocycles. The summed E-state index contributed by atoms with van der Waals surface area (Å²) in [5.74, 6) is 0.592. The van der Waals surface area contributed by atoms with Gasteiger partial charge in [-0.25, -0.2) is 4.79 Å². The highest BCUT2D eigenvalue weighted by molar-refractivity contribution is 5.93. The Morgan fingerprint density at radius 2 is 1.45 bits per heavy atom. The Morgan fingerprint density at radius 3 is 2.05 bits per heavy atom. The second-order valence-electron chi connectivity index (χ2n) is 4.96. The van der Waals surface area contributed by atoms with E-state index < -0.39 is 5.97 Å². The molecule has 1 aromatic carbocycles. The molecule has 0 spiro atoms. The van der Waals surface area contributed by atoms with Crippen LogP contribution in [-0.4, -0.2) is 27.3 Å². The summed E-state index contributed by atoms with van der Waals surface area (Å²) >= 11 is 0. The lowest BCUT2D eigenvalue weighted by atomic mass is 9.98. The van der Waals surface area contributed by atoms with Gasteiger partial charge in [-0.05, 0) is 12.8 Å². The van der Waals surface area contributed by atoms with Gasteiger partial charge in [0.25, 0.3) is 0 Å². The molecule has 2 rings (SSSR count). The summed E-state index contributed by atoms with van der Waals surface area (Å²) in [6, 6.07) is 3.08. The molecular formula is C16H21O6. The van der Waals surface area contributed by atoms with Gasteiger partial charge in [-0.15, -0.1) is 0 Å². The highest BCUT2D eigenvalue weighted by Gasteiger charge is 2.23. The van der Waals surface area contributed by atoms with Crippen LogP contribution in [0.1, 0.15) is 42.5 Å². The van der Waals surface area contributed by atoms with E-state index >= 15 is 0 Å². The predicted octanol–water partition coefficient (Wildman–Crippen LogP) is 3.30. The van der Waals surface area contributed by atoms with Gasteiger partial charge in [-0.3, -0.25) is 4.89 Å². The number of rotatable bonds is 6. The number of benzene rings is 1. The van der Waals surface area contributed by atoms with Crippen molar-refractivity contribution in [2.75, 3.05) is 21.3 Å². The molecule has 22 heavy (non-hydrogen) atoms. The summed E-state index contributed by atoms with van der Waals surface area (Å²) < 4.78 is 15.6. The van der Waals surface area contributed by atoms with E-state index in [2.05, 4.69) is 0 Å². The van der Waals surface area contributed by atoms with Crippen molar-refractivity contribution in [1.29, 1.82) is 0 Å². The number of methoxy groups -OCH3 is 3. The first kappa shape index (κ1) is 16.4. The molecule has 0 amide bonds. The third kappa shape index (κ3) is 3.82. The van der Waals surface area contributed by atoms with E-state index in [1.807, 2.05) is 0 Å². The molecule has 121 valence electrons. The fourth-order valence-electron chi connectivity index (χ4n) is 2.36. The zero-order valence-corrected chi connectivity index (χ0v) is 13.1. The molecule has 1 aliphatic carbocycles. The van der Waals surface area contributed by atoms with Gasteiger partial charge in [0.15, 0.2) is 11.5 Å². The fourth-order valence-corrected chi connectivity index (χ4v) is 2.36. The van der Waals surface area contributed by atoms with Gasteiger partial charge in [-0.2, -0.15) is 4.89 Å². The highest BCUT2D eigenvalue weighted by atomic mass is 17.2. The summed E-state index contributed by atoms with van der Waals surface area (Å²) in [4.78, 5) is 22.3. The van der Waals surface area contributed by atoms with Crippen LogP contribution in [-0.2, 0) is 9.78 Å². The first-order chi connectivity index (χ1) is 10.7. The lowest BCUT2D eigenvalue weighted by molar-refractivity contribution is -0.239. The Kier molecular flexibility index (Phi) is 5.89. The van der Waals surface area contributed by atoms with Crippen LogP contribution in [0.4, 0.5) is 0 Å². The van der Waals surface area contributed by atoms with Gasteiger partial charge in [0.05, 0.1) is 21.3 Å². The van der Waals surface area contributed by atoms with E-state index in [0.717, 1.165) is 31.8 Å². The largest absolute Gasteiger partial charge is 0.496 e. The Hall–Kier alpha value is -1.95. The van der Waals surface area contributed by atoms with Gasteiger partial charge in [-0.1, -0.05) is 19.3 Å². The third-order valence-corrected chi connectivity index (χ3v) is 3.57. The van der Waals surface area contributed by atoms with Crippen LogP contribution in [0, 0.1) is 6.10 Å². The van der Waals surface area contributed by atoms with Crippen LogP contribution < -0.4 is 14.2 Å². The maximum Gasteiger partial charge on any atom is 0.376 e. The second-order valence-corrected chi connectivity index (χ2v) is 4.96. The molecule has 1 fully saturated rings. The Balaban J connectivity index is 2.10. The highest BCUT2D eigenvalue weighted by Crippen LogP contribution is 2.35. The number of hydrogen-bond acceptors (Lipinski definition) is 6. The minimum absolute atomic E-state index is 0.219. The molecule has 1 aliphatic rings. The summed E-state index contributed by atoms with van der Waals surface area (Å²) in [7, 11) is 4.47. The Morgan fingerprint density at radius 1 is 0.864 bits per heavy atom. The van der Waals surface area contributed by atoms with Gasteiger partial charge in [0.1, 0.15) is 17.4 Å². The zero-order valence-electron chi connectivity index (χ0n) is 13.1. The van der Waals surface area contributed by atoms with Crippen LogP contribution in [0.25, 0.3) is 0 Å². The van der Waals surface area contributed by atoms with Crippen LogP contribution in [0.15, 0.2) is 12.1 Å². The van der Waals surface area contributed by atoms with Crippen molar-refractivity contribution in [3.8, 4) is 17.2 Å². The molecule has 0 aromatic heterocycles. The average Bonchev–Trinajstić information content (AvgIpc) is 2.59. The number of carbonyl (C=O) groups is 1. The molecule has 1 radical (unpaired) electrons. The first-order valence-corrected chi connectivity index (χ1v) is 7.23. The van der Waals surface area contributed by atoms with Gasteiger partial charge >= 0.3 is 5.97 Å². The van der Waals surface area contributed by atoms with Crippen molar-refractivity contribution in [2.24, 2.45) is 0 Å². The van der Waals surface area contributed by atoms with Crippen LogP contribution in [0.5, 0.6) is 17.2 Å². The first-order valence-electron chi connectivity index (χ1n) is 7.23. The molecule has 6 nitrogen and oxygen atoms in total. The maximum atomic E-state index is 12.2. The quantitative estimate of drug-likeness (QED) is 0.593. The molecule has 0 atom stereocenters. The summed E-state index contributed by atoms with van der Waals surface area (Å²) in [6.07, 6.45) is 5.77. The maximum absolute atomic E-state index is 12.2. The SMILES string of the molecule is COc1cc(OC)c(C(=O)OO[C]2CCCCC2)cc1OC. The average molecular weight is 309 g/mol. The Labute approximate surface area is 130 Å². The van der Waals surface area contributed by atoms with Crippen molar-refractivity contribution >= 4 is 5.97 Å². The van der Waals surface area contributed by atoms with Crippen molar-refractivity contribution in [3.63, 3.8) is 0 Å². The van der Waals surface area contributed by atoms with Crippen LogP contribution in [0.2, 0.25) is 0 Å². The third-order valence-electron chi connectivity index (χ3n) is 3.57. The van der Waals surface area contributed by atoms with Crippen molar-refractivity contribution in [2.45, 2.75) is 32.1 Å². The van der Waals surface area contributed by atoms with Crippen molar-refractivity contribution in [1.82, 2.24) is 0 Å². The molecular weight excluding hydrogens is 288 g/mol. The van der Waals surface area contributed by atoms with Crippen molar-refractivity contribution < 1.29 is 28.8 Å². The van der Waals surface area contributed by atoms with E-state index in [9.17, 15) is 4.79 Å². The monoisotopic (exact) mass is 309 g/mol. The number of carbonyl (C=O) groups excluding carboxylic acids is 1. The molecule has 0 saturated heterocycles. The smallest absolute Gasteiger partial charge is 0.376 e. The standard InChI is InChI=1S/C16H21O6/c1-18-13-10-15(20-3)14(19-2)9-12(13)16(17)22-21-11-7-5-4-6-8-11/h9-10H,4-8H2,1-3H3. The fraction of sp³-hybridized carbons (Fsp3) is 0.500. The molecule has 0 bridgehead atoms. The molecule has 1 saturated carbocycles. The number of hydrogen-bond donors (Lipinski definition) is 0. The van der Waals surface area contributed by atoms with Crippen molar-refractivity contribution in [3.05, 3.63) is 23.8 Å². The molecule has 0 N–H and O–H groups in total. The Bertz CT molecular complexity index is 508. The zero-order chi connectivity index (χ0) is 15.9. The van der Waals surface area contributed by atoms with Crippen LogP contribution in [0.3, 0.4) is 0 Å². The summed E-state index contributed by atoms with van der Waals surface area (Å²) in [5, 5.41) is 0. The van der Waals surface area contributed by atoms with Gasteiger partial charge in [0.2, 0.25) is 0 Å². The van der Waals surface area contributed by atoms with E-state index in [1.165, 1.54) is 33.8 Å². The lowest BCUT2D eigenvalue weighted by Crippen LogP contribution is -2.14.